The van der Waals surface area contributed by atoms with Crippen LogP contribution in [0.2, 0.25) is 0 Å². The van der Waals surface area contributed by atoms with Crippen LogP contribution in [0.5, 0.6) is 0 Å². The van der Waals surface area contributed by atoms with Gasteiger partial charge in [-0.2, -0.15) is 0 Å². The molecule has 2 N–H and O–H groups in total. The second-order valence-electron chi connectivity index (χ2n) is 7.88. The number of hydrogen-bond donors (Lipinski definition) is 2. The van der Waals surface area contributed by atoms with Crippen LogP contribution in [0.3, 0.4) is 0 Å². The summed E-state index contributed by atoms with van der Waals surface area (Å²) in [5, 5.41) is 12.0. The van der Waals surface area contributed by atoms with Crippen LogP contribution in [-0.4, -0.2) is 34.1 Å². The molecule has 1 aromatic heterocycles. The van der Waals surface area contributed by atoms with E-state index >= 15 is 0 Å². The van der Waals surface area contributed by atoms with E-state index in [-0.39, 0.29) is 23.8 Å². The van der Waals surface area contributed by atoms with Gasteiger partial charge in [-0.1, -0.05) is 38.5 Å². The Morgan fingerprint density at radius 2 is 2.03 bits per heavy atom. The van der Waals surface area contributed by atoms with Gasteiger partial charge in [-0.3, -0.25) is 4.79 Å². The number of nitrogens with zero attached hydrogens (tertiary/aromatic N) is 1. The zero-order valence-corrected chi connectivity index (χ0v) is 16.8. The highest BCUT2D eigenvalue weighted by atomic mass is 16.5. The Morgan fingerprint density at radius 1 is 1.28 bits per heavy atom. The number of rotatable bonds is 8. The standard InChI is InChI=1S/C22H28N2O5/c1-14(2)19(22(26)27)24-20(25)16-9-6-10-18(11-16)28-12-17-13-29-21(23-17)15-7-4-3-5-8-15/h3-5,7-8,13-14,16,18-19H,6,9-12H2,1-2H3,(H,24,25)(H,26,27). The van der Waals surface area contributed by atoms with Crippen LogP contribution in [0.25, 0.3) is 11.5 Å². The van der Waals surface area contributed by atoms with Gasteiger partial charge in [-0.05, 0) is 37.3 Å². The minimum atomic E-state index is -1.00. The number of carboxylic acids is 1. The summed E-state index contributed by atoms with van der Waals surface area (Å²) in [6.07, 6.45) is 4.61. The molecule has 3 rings (SSSR count). The number of nitrogens with one attached hydrogen (secondary N) is 1. The van der Waals surface area contributed by atoms with Crippen molar-refractivity contribution in [1.82, 2.24) is 10.3 Å². The lowest BCUT2D eigenvalue weighted by atomic mass is 9.86. The molecular formula is C22H28N2O5. The number of ether oxygens (including phenoxy) is 1. The van der Waals surface area contributed by atoms with E-state index in [2.05, 4.69) is 10.3 Å². The van der Waals surface area contributed by atoms with Crippen molar-refractivity contribution in [3.63, 3.8) is 0 Å². The van der Waals surface area contributed by atoms with Crippen LogP contribution in [0.1, 0.15) is 45.2 Å². The van der Waals surface area contributed by atoms with Gasteiger partial charge in [-0.15, -0.1) is 0 Å². The van der Waals surface area contributed by atoms with Gasteiger partial charge in [-0.25, -0.2) is 9.78 Å². The second kappa shape index (κ2) is 9.69. The van der Waals surface area contributed by atoms with E-state index in [9.17, 15) is 14.7 Å². The fraction of sp³-hybridized carbons (Fsp3) is 0.500. The first-order valence-electron chi connectivity index (χ1n) is 10.1. The zero-order valence-electron chi connectivity index (χ0n) is 16.8. The average Bonchev–Trinajstić information content (AvgIpc) is 3.20. The predicted molar refractivity (Wildman–Crippen MR) is 107 cm³/mol. The Bertz CT molecular complexity index is 818. The van der Waals surface area contributed by atoms with Crippen LogP contribution in [0.4, 0.5) is 0 Å². The first-order valence-corrected chi connectivity index (χ1v) is 10.1. The number of carboxylic acid groups (broad SMARTS) is 1. The van der Waals surface area contributed by atoms with E-state index in [1.54, 1.807) is 20.1 Å². The average molecular weight is 400 g/mol. The van der Waals surface area contributed by atoms with Gasteiger partial charge in [0.1, 0.15) is 18.0 Å². The van der Waals surface area contributed by atoms with Crippen molar-refractivity contribution < 1.29 is 23.8 Å². The fourth-order valence-corrected chi connectivity index (χ4v) is 3.61. The Hall–Kier alpha value is -2.67. The molecule has 1 fully saturated rings. The maximum absolute atomic E-state index is 12.5. The van der Waals surface area contributed by atoms with Crippen LogP contribution in [0, 0.1) is 11.8 Å². The molecule has 1 aromatic carbocycles. The molecule has 1 saturated carbocycles. The largest absolute Gasteiger partial charge is 0.480 e. The molecule has 0 saturated heterocycles. The molecule has 156 valence electrons. The lowest BCUT2D eigenvalue weighted by molar-refractivity contribution is -0.144. The molecule has 1 amide bonds. The van der Waals surface area contributed by atoms with Crippen molar-refractivity contribution in [2.45, 2.75) is 58.3 Å². The number of aromatic nitrogens is 1. The predicted octanol–water partition coefficient (Wildman–Crippen LogP) is 3.64. The van der Waals surface area contributed by atoms with E-state index in [0.717, 1.165) is 24.8 Å². The number of carbonyl (C=O) groups excluding carboxylic acids is 1. The van der Waals surface area contributed by atoms with Crippen LogP contribution in [0.15, 0.2) is 41.0 Å². The fourth-order valence-electron chi connectivity index (χ4n) is 3.61. The molecule has 0 aliphatic heterocycles. The van der Waals surface area contributed by atoms with Crippen LogP contribution < -0.4 is 5.32 Å². The van der Waals surface area contributed by atoms with Gasteiger partial charge in [0.2, 0.25) is 11.8 Å². The van der Waals surface area contributed by atoms with Gasteiger partial charge >= 0.3 is 5.97 Å². The lowest BCUT2D eigenvalue weighted by Gasteiger charge is -2.29. The lowest BCUT2D eigenvalue weighted by Crippen LogP contribution is -2.47. The Morgan fingerprint density at radius 3 is 2.72 bits per heavy atom. The monoisotopic (exact) mass is 400 g/mol. The van der Waals surface area contributed by atoms with Gasteiger partial charge in [0.25, 0.3) is 0 Å². The minimum absolute atomic E-state index is 0.0568. The summed E-state index contributed by atoms with van der Waals surface area (Å²) in [5.74, 6) is -1.05. The second-order valence-corrected chi connectivity index (χ2v) is 7.88. The van der Waals surface area contributed by atoms with E-state index in [1.165, 1.54) is 0 Å². The van der Waals surface area contributed by atoms with Crippen LogP contribution in [-0.2, 0) is 20.9 Å². The number of oxazole rings is 1. The number of hydrogen-bond acceptors (Lipinski definition) is 5. The molecule has 7 nitrogen and oxygen atoms in total. The molecule has 7 heteroatoms. The first kappa shape index (κ1) is 21.0. The van der Waals surface area contributed by atoms with Crippen molar-refractivity contribution in [3.05, 3.63) is 42.3 Å². The quantitative estimate of drug-likeness (QED) is 0.701. The topological polar surface area (TPSA) is 102 Å². The molecule has 29 heavy (non-hydrogen) atoms. The number of benzene rings is 1. The molecule has 0 radical (unpaired) electrons. The highest BCUT2D eigenvalue weighted by molar-refractivity contribution is 5.85. The highest BCUT2D eigenvalue weighted by Gasteiger charge is 2.31. The van der Waals surface area contributed by atoms with E-state index in [1.807, 2.05) is 30.3 Å². The van der Waals surface area contributed by atoms with Crippen molar-refractivity contribution in [1.29, 1.82) is 0 Å². The first-order chi connectivity index (χ1) is 13.9. The molecule has 0 spiro atoms. The summed E-state index contributed by atoms with van der Waals surface area (Å²) in [7, 11) is 0. The molecular weight excluding hydrogens is 372 g/mol. The van der Waals surface area contributed by atoms with Crippen molar-refractivity contribution in [2.75, 3.05) is 0 Å². The summed E-state index contributed by atoms with van der Waals surface area (Å²) in [5.41, 5.74) is 1.62. The SMILES string of the molecule is CC(C)C(NC(=O)C1CCCC(OCc2coc(-c3ccccc3)n2)C1)C(=O)O. The summed E-state index contributed by atoms with van der Waals surface area (Å²) in [4.78, 5) is 28.3. The van der Waals surface area contributed by atoms with Crippen LogP contribution >= 0.6 is 0 Å². The van der Waals surface area contributed by atoms with Crippen molar-refractivity contribution in [3.8, 4) is 11.5 Å². The normalized spacial score (nSPS) is 20.4. The maximum atomic E-state index is 12.5. The number of aliphatic carboxylic acids is 1. The minimum Gasteiger partial charge on any atom is -0.480 e. The summed E-state index contributed by atoms with van der Waals surface area (Å²) in [6.45, 7) is 3.89. The summed E-state index contributed by atoms with van der Waals surface area (Å²) in [6, 6.07) is 8.79. The van der Waals surface area contributed by atoms with Gasteiger partial charge in [0.15, 0.2) is 0 Å². The van der Waals surface area contributed by atoms with Gasteiger partial charge in [0.05, 0.1) is 12.7 Å². The zero-order chi connectivity index (χ0) is 20.8. The number of carbonyl (C=O) groups is 2. The summed E-state index contributed by atoms with van der Waals surface area (Å²) < 4.78 is 11.5. The molecule has 3 atom stereocenters. The molecule has 3 unspecified atom stereocenters. The van der Waals surface area contributed by atoms with Gasteiger partial charge in [0, 0.05) is 11.5 Å². The molecule has 1 heterocycles. The van der Waals surface area contributed by atoms with E-state index < -0.39 is 12.0 Å². The van der Waals surface area contributed by atoms with E-state index in [0.29, 0.717) is 24.6 Å². The van der Waals surface area contributed by atoms with Crippen molar-refractivity contribution >= 4 is 11.9 Å². The highest BCUT2D eigenvalue weighted by Crippen LogP contribution is 2.28. The van der Waals surface area contributed by atoms with Crippen molar-refractivity contribution in [2.24, 2.45) is 11.8 Å². The molecule has 0 bridgehead atoms. The Kier molecular flexibility index (Phi) is 7.04. The third-order valence-electron chi connectivity index (χ3n) is 5.27. The molecule has 1 aliphatic rings. The molecule has 1 aliphatic carbocycles. The third-order valence-corrected chi connectivity index (χ3v) is 5.27. The summed E-state index contributed by atoms with van der Waals surface area (Å²) >= 11 is 0. The molecule has 2 aromatic rings. The Labute approximate surface area is 170 Å². The maximum Gasteiger partial charge on any atom is 0.326 e. The Balaban J connectivity index is 1.52. The smallest absolute Gasteiger partial charge is 0.326 e. The van der Waals surface area contributed by atoms with Gasteiger partial charge < -0.3 is 19.6 Å². The number of amides is 1. The third kappa shape index (κ3) is 5.67. The van der Waals surface area contributed by atoms with E-state index in [4.69, 9.17) is 9.15 Å².